The van der Waals surface area contributed by atoms with E-state index in [9.17, 15) is 9.59 Å². The lowest BCUT2D eigenvalue weighted by molar-refractivity contribution is -0.114. The number of rotatable bonds is 2. The van der Waals surface area contributed by atoms with Gasteiger partial charge in [-0.2, -0.15) is 0 Å². The van der Waals surface area contributed by atoms with Crippen LogP contribution in [0.3, 0.4) is 0 Å². The first-order valence-corrected chi connectivity index (χ1v) is 7.20. The van der Waals surface area contributed by atoms with Crippen molar-refractivity contribution >= 4 is 28.2 Å². The zero-order valence-corrected chi connectivity index (χ0v) is 12.3. The third-order valence-corrected chi connectivity index (χ3v) is 4.42. The molecular formula is C13H19N3O2S. The molecule has 6 heteroatoms. The zero-order valence-electron chi connectivity index (χ0n) is 11.5. The van der Waals surface area contributed by atoms with E-state index in [4.69, 9.17) is 0 Å². The lowest BCUT2D eigenvalue weighted by Crippen LogP contribution is -2.46. The maximum Gasteiger partial charge on any atom is 0.257 e. The van der Waals surface area contributed by atoms with Crippen LogP contribution >= 0.6 is 11.3 Å². The fourth-order valence-electron chi connectivity index (χ4n) is 2.16. The lowest BCUT2D eigenvalue weighted by atomic mass is 10.1. The number of aryl methyl sites for hydroxylation is 1. The summed E-state index contributed by atoms with van der Waals surface area (Å²) in [6, 6.07) is 0. The van der Waals surface area contributed by atoms with Crippen molar-refractivity contribution in [3.8, 4) is 0 Å². The summed E-state index contributed by atoms with van der Waals surface area (Å²) in [4.78, 5) is 26.8. The topological polar surface area (TPSA) is 61.4 Å². The van der Waals surface area contributed by atoms with Gasteiger partial charge < -0.3 is 15.5 Å². The summed E-state index contributed by atoms with van der Waals surface area (Å²) in [6.45, 7) is 8.45. The highest BCUT2D eigenvalue weighted by atomic mass is 32.1. The monoisotopic (exact) mass is 281 g/mol. The van der Waals surface area contributed by atoms with Crippen molar-refractivity contribution in [1.82, 2.24) is 10.2 Å². The first-order chi connectivity index (χ1) is 9.00. The SMILES string of the molecule is CC(=O)Nc1sc(C)c(C)c1C(=O)N1CCNCC1. The number of nitrogens with zero attached hydrogens (tertiary/aromatic N) is 1. The minimum atomic E-state index is -0.143. The molecule has 1 aromatic heterocycles. The van der Waals surface area contributed by atoms with E-state index >= 15 is 0 Å². The van der Waals surface area contributed by atoms with Crippen LogP contribution in [0, 0.1) is 13.8 Å². The Hall–Kier alpha value is -1.40. The Morgan fingerprint density at radius 3 is 2.47 bits per heavy atom. The molecule has 104 valence electrons. The number of piperazine rings is 1. The molecule has 1 saturated heterocycles. The molecule has 5 nitrogen and oxygen atoms in total. The Kier molecular flexibility index (Phi) is 4.21. The molecule has 0 saturated carbocycles. The Morgan fingerprint density at radius 1 is 1.26 bits per heavy atom. The van der Waals surface area contributed by atoms with Crippen LogP contribution in [0.1, 0.15) is 27.7 Å². The quantitative estimate of drug-likeness (QED) is 0.860. The number of amides is 2. The molecule has 2 heterocycles. The highest BCUT2D eigenvalue weighted by Crippen LogP contribution is 2.33. The third-order valence-electron chi connectivity index (χ3n) is 3.29. The van der Waals surface area contributed by atoms with E-state index in [2.05, 4.69) is 10.6 Å². The number of thiophene rings is 1. The molecule has 2 amide bonds. The molecule has 2 rings (SSSR count). The van der Waals surface area contributed by atoms with E-state index in [1.807, 2.05) is 18.7 Å². The highest BCUT2D eigenvalue weighted by molar-refractivity contribution is 7.16. The van der Waals surface area contributed by atoms with Gasteiger partial charge in [0.2, 0.25) is 5.91 Å². The fraction of sp³-hybridized carbons (Fsp3) is 0.538. The average molecular weight is 281 g/mol. The molecule has 0 spiro atoms. The molecule has 2 N–H and O–H groups in total. The normalized spacial score (nSPS) is 15.4. The molecule has 0 aliphatic carbocycles. The number of carbonyl (C=O) groups is 2. The van der Waals surface area contributed by atoms with Gasteiger partial charge in [-0.1, -0.05) is 0 Å². The second kappa shape index (κ2) is 5.71. The van der Waals surface area contributed by atoms with Gasteiger partial charge in [-0.3, -0.25) is 9.59 Å². The van der Waals surface area contributed by atoms with Crippen LogP contribution in [0.4, 0.5) is 5.00 Å². The number of hydrogen-bond acceptors (Lipinski definition) is 4. The number of anilines is 1. The van der Waals surface area contributed by atoms with Crippen LogP contribution in [0.5, 0.6) is 0 Å². The second-order valence-electron chi connectivity index (χ2n) is 4.71. The van der Waals surface area contributed by atoms with Crippen molar-refractivity contribution in [2.24, 2.45) is 0 Å². The number of carbonyl (C=O) groups excluding carboxylic acids is 2. The maximum absolute atomic E-state index is 12.6. The first kappa shape index (κ1) is 14.0. The van der Waals surface area contributed by atoms with E-state index in [1.54, 1.807) is 0 Å². The molecule has 1 aromatic rings. The van der Waals surface area contributed by atoms with Crippen molar-refractivity contribution in [2.45, 2.75) is 20.8 Å². The minimum absolute atomic E-state index is 0.0205. The molecular weight excluding hydrogens is 262 g/mol. The highest BCUT2D eigenvalue weighted by Gasteiger charge is 2.25. The van der Waals surface area contributed by atoms with Gasteiger partial charge in [0.1, 0.15) is 5.00 Å². The van der Waals surface area contributed by atoms with Gasteiger partial charge in [0.25, 0.3) is 5.91 Å². The Balaban J connectivity index is 2.31. The van der Waals surface area contributed by atoms with Crippen molar-refractivity contribution in [3.05, 3.63) is 16.0 Å². The van der Waals surface area contributed by atoms with Crippen molar-refractivity contribution in [2.75, 3.05) is 31.5 Å². The zero-order chi connectivity index (χ0) is 14.0. The number of hydrogen-bond donors (Lipinski definition) is 2. The molecule has 1 fully saturated rings. The summed E-state index contributed by atoms with van der Waals surface area (Å²) in [5.41, 5.74) is 1.62. The van der Waals surface area contributed by atoms with Crippen LogP contribution in [-0.2, 0) is 4.79 Å². The molecule has 1 aliphatic rings. The predicted molar refractivity (Wildman–Crippen MR) is 76.9 cm³/mol. The molecule has 0 atom stereocenters. The van der Waals surface area contributed by atoms with Gasteiger partial charge in [0.05, 0.1) is 5.56 Å². The average Bonchev–Trinajstić information content (AvgIpc) is 2.64. The molecule has 0 aromatic carbocycles. The number of nitrogens with one attached hydrogen (secondary N) is 2. The van der Waals surface area contributed by atoms with E-state index in [0.717, 1.165) is 23.5 Å². The molecule has 0 unspecified atom stereocenters. The summed E-state index contributed by atoms with van der Waals surface area (Å²) >= 11 is 1.47. The van der Waals surface area contributed by atoms with Gasteiger partial charge in [-0.25, -0.2) is 0 Å². The Labute approximate surface area is 117 Å². The second-order valence-corrected chi connectivity index (χ2v) is 5.94. The van der Waals surface area contributed by atoms with Crippen molar-refractivity contribution in [3.63, 3.8) is 0 Å². The Bertz CT molecular complexity index is 504. The van der Waals surface area contributed by atoms with E-state index in [0.29, 0.717) is 23.7 Å². The minimum Gasteiger partial charge on any atom is -0.336 e. The summed E-state index contributed by atoms with van der Waals surface area (Å²) in [7, 11) is 0. The third kappa shape index (κ3) is 2.96. The summed E-state index contributed by atoms with van der Waals surface area (Å²) < 4.78 is 0. The van der Waals surface area contributed by atoms with Gasteiger partial charge in [0.15, 0.2) is 0 Å². The van der Waals surface area contributed by atoms with Crippen molar-refractivity contribution < 1.29 is 9.59 Å². The molecule has 1 aliphatic heterocycles. The van der Waals surface area contributed by atoms with Crippen LogP contribution in [0.2, 0.25) is 0 Å². The summed E-state index contributed by atoms with van der Waals surface area (Å²) in [5.74, 6) is -0.122. The summed E-state index contributed by atoms with van der Waals surface area (Å²) in [5, 5.41) is 6.67. The van der Waals surface area contributed by atoms with E-state index in [1.165, 1.54) is 18.3 Å². The standard InChI is InChI=1S/C13H19N3O2S/c1-8-9(2)19-12(15-10(3)17)11(8)13(18)16-6-4-14-5-7-16/h14H,4-7H2,1-3H3,(H,15,17). The van der Waals surface area contributed by atoms with Gasteiger partial charge >= 0.3 is 0 Å². The van der Waals surface area contributed by atoms with Gasteiger partial charge in [-0.05, 0) is 19.4 Å². The smallest absolute Gasteiger partial charge is 0.257 e. The van der Waals surface area contributed by atoms with Gasteiger partial charge in [0, 0.05) is 38.0 Å². The van der Waals surface area contributed by atoms with E-state index < -0.39 is 0 Å². The van der Waals surface area contributed by atoms with Crippen LogP contribution in [0.25, 0.3) is 0 Å². The first-order valence-electron chi connectivity index (χ1n) is 6.38. The maximum atomic E-state index is 12.6. The fourth-order valence-corrected chi connectivity index (χ4v) is 3.26. The van der Waals surface area contributed by atoms with Crippen LogP contribution in [0.15, 0.2) is 0 Å². The molecule has 0 bridgehead atoms. The van der Waals surface area contributed by atoms with Gasteiger partial charge in [-0.15, -0.1) is 11.3 Å². The summed E-state index contributed by atoms with van der Waals surface area (Å²) in [6.07, 6.45) is 0. The van der Waals surface area contributed by atoms with Crippen molar-refractivity contribution in [1.29, 1.82) is 0 Å². The lowest BCUT2D eigenvalue weighted by Gasteiger charge is -2.27. The largest absolute Gasteiger partial charge is 0.336 e. The van der Waals surface area contributed by atoms with Crippen LogP contribution in [-0.4, -0.2) is 42.9 Å². The predicted octanol–water partition coefficient (Wildman–Crippen LogP) is 1.37. The molecule has 19 heavy (non-hydrogen) atoms. The Morgan fingerprint density at radius 2 is 1.89 bits per heavy atom. The van der Waals surface area contributed by atoms with Crippen LogP contribution < -0.4 is 10.6 Å². The molecule has 0 radical (unpaired) electrons. The van der Waals surface area contributed by atoms with E-state index in [-0.39, 0.29) is 11.8 Å².